The van der Waals surface area contributed by atoms with Gasteiger partial charge < -0.3 is 10.0 Å². The molecule has 0 fully saturated rings. The average Bonchev–Trinajstić information content (AvgIpc) is 3.27. The van der Waals surface area contributed by atoms with Crippen molar-refractivity contribution >= 4 is 16.3 Å². The lowest BCUT2D eigenvalue weighted by atomic mass is 9.95. The van der Waals surface area contributed by atoms with Crippen LogP contribution in [-0.2, 0) is 13.0 Å². The van der Waals surface area contributed by atoms with E-state index >= 15 is 0 Å². The zero-order valence-corrected chi connectivity index (χ0v) is 15.9. The third kappa shape index (κ3) is 2.81. The van der Waals surface area contributed by atoms with Gasteiger partial charge in [-0.25, -0.2) is 4.98 Å². The van der Waals surface area contributed by atoms with Gasteiger partial charge in [-0.2, -0.15) is 9.61 Å². The van der Waals surface area contributed by atoms with Gasteiger partial charge >= 0.3 is 0 Å². The molecule has 2 aromatic carbocycles. The van der Waals surface area contributed by atoms with E-state index in [1.54, 1.807) is 4.52 Å². The maximum atomic E-state index is 10.8. The summed E-state index contributed by atoms with van der Waals surface area (Å²) in [5, 5.41) is 15.0. The second-order valence-electron chi connectivity index (χ2n) is 7.19. The first-order chi connectivity index (χ1) is 13.2. The highest BCUT2D eigenvalue weighted by Gasteiger charge is 2.34. The Morgan fingerprint density at radius 1 is 1.11 bits per heavy atom. The Hall–Kier alpha value is -2.70. The number of aryl methyl sites for hydroxylation is 1. The highest BCUT2D eigenvalue weighted by molar-refractivity contribution is 7.17. The zero-order chi connectivity index (χ0) is 18.4. The van der Waals surface area contributed by atoms with Gasteiger partial charge in [0.25, 0.3) is 0 Å². The number of thiazole rings is 1. The van der Waals surface area contributed by atoms with Gasteiger partial charge in [-0.1, -0.05) is 65.4 Å². The van der Waals surface area contributed by atoms with E-state index in [-0.39, 0.29) is 11.9 Å². The van der Waals surface area contributed by atoms with Crippen molar-refractivity contribution in [1.29, 1.82) is 0 Å². The minimum Gasteiger partial charge on any atom is -0.492 e. The summed E-state index contributed by atoms with van der Waals surface area (Å²) in [7, 11) is 0. The Kier molecular flexibility index (Phi) is 3.95. The van der Waals surface area contributed by atoms with Gasteiger partial charge in [0.05, 0.1) is 6.54 Å². The van der Waals surface area contributed by atoms with E-state index in [1.165, 1.54) is 44.8 Å². The number of nitrogens with one attached hydrogen (secondary N) is 1. The van der Waals surface area contributed by atoms with E-state index in [1.807, 2.05) is 0 Å². The lowest BCUT2D eigenvalue weighted by Crippen LogP contribution is -3.12. The molecule has 5 nitrogen and oxygen atoms in total. The minimum atomic E-state index is 0.0625. The van der Waals surface area contributed by atoms with Gasteiger partial charge in [-0.15, -0.1) is 0 Å². The van der Waals surface area contributed by atoms with E-state index in [0.717, 1.165) is 29.3 Å². The highest BCUT2D eigenvalue weighted by atomic mass is 32.1. The first-order valence-corrected chi connectivity index (χ1v) is 10.0. The number of rotatable bonds is 3. The summed E-state index contributed by atoms with van der Waals surface area (Å²) in [6.45, 7) is 4.08. The smallest absolute Gasteiger partial charge is 0.235 e. The standard InChI is InChI=1S/C21H20N4OS/c1-14-6-8-16(9-7-14)18(19-20(26)25-21(27-19)22-13-23-25)24-11-10-15-4-2-3-5-17(15)12-24/h2-9,13,18,26H,10-12H2,1H3/p+1/t18-/m1/s1. The molecule has 2 atom stereocenters. The highest BCUT2D eigenvalue weighted by Crippen LogP contribution is 2.35. The Morgan fingerprint density at radius 2 is 1.89 bits per heavy atom. The van der Waals surface area contributed by atoms with Crippen molar-refractivity contribution in [2.24, 2.45) is 0 Å². The van der Waals surface area contributed by atoms with Crippen LogP contribution in [0.1, 0.15) is 33.2 Å². The van der Waals surface area contributed by atoms with Crippen molar-refractivity contribution in [3.63, 3.8) is 0 Å². The molecule has 0 amide bonds. The van der Waals surface area contributed by atoms with Crippen LogP contribution < -0.4 is 4.90 Å². The van der Waals surface area contributed by atoms with Crippen LogP contribution in [0, 0.1) is 6.92 Å². The number of nitrogens with zero attached hydrogens (tertiary/aromatic N) is 3. The molecule has 3 heterocycles. The number of fused-ring (bicyclic) bond motifs is 2. The molecule has 136 valence electrons. The van der Waals surface area contributed by atoms with Gasteiger partial charge in [0.1, 0.15) is 17.7 Å². The van der Waals surface area contributed by atoms with Crippen molar-refractivity contribution < 1.29 is 10.0 Å². The lowest BCUT2D eigenvalue weighted by Gasteiger charge is -2.32. The fourth-order valence-electron chi connectivity index (χ4n) is 4.06. The normalized spacial score (nSPS) is 17.7. The maximum Gasteiger partial charge on any atom is 0.235 e. The third-order valence-electron chi connectivity index (χ3n) is 5.47. The van der Waals surface area contributed by atoms with Crippen molar-refractivity contribution in [2.75, 3.05) is 6.54 Å². The molecular weight excluding hydrogens is 356 g/mol. The van der Waals surface area contributed by atoms with Gasteiger partial charge in [-0.05, 0) is 12.5 Å². The molecule has 0 aliphatic carbocycles. The average molecular weight is 377 g/mol. The fraction of sp³-hybridized carbons (Fsp3) is 0.238. The molecule has 6 heteroatoms. The largest absolute Gasteiger partial charge is 0.492 e. The molecule has 5 rings (SSSR count). The molecule has 27 heavy (non-hydrogen) atoms. The molecule has 0 saturated carbocycles. The first kappa shape index (κ1) is 16.5. The van der Waals surface area contributed by atoms with Crippen LogP contribution in [0.2, 0.25) is 0 Å². The molecule has 0 radical (unpaired) electrons. The lowest BCUT2D eigenvalue weighted by molar-refractivity contribution is -0.940. The summed E-state index contributed by atoms with van der Waals surface area (Å²) < 4.78 is 1.54. The summed E-state index contributed by atoms with van der Waals surface area (Å²) >= 11 is 1.53. The maximum absolute atomic E-state index is 10.8. The van der Waals surface area contributed by atoms with E-state index in [4.69, 9.17) is 0 Å². The molecule has 1 unspecified atom stereocenters. The van der Waals surface area contributed by atoms with Gasteiger partial charge in [0.15, 0.2) is 6.04 Å². The Morgan fingerprint density at radius 3 is 2.67 bits per heavy atom. The second kappa shape index (κ2) is 6.48. The van der Waals surface area contributed by atoms with Crippen LogP contribution >= 0.6 is 11.3 Å². The van der Waals surface area contributed by atoms with Crippen molar-refractivity contribution in [3.8, 4) is 5.88 Å². The van der Waals surface area contributed by atoms with Crippen molar-refractivity contribution in [3.05, 3.63) is 82.0 Å². The van der Waals surface area contributed by atoms with E-state index < -0.39 is 0 Å². The Bertz CT molecular complexity index is 1100. The topological polar surface area (TPSA) is 54.9 Å². The number of aromatic hydroxyl groups is 1. The molecular formula is C21H21N4OS+. The van der Waals surface area contributed by atoms with Crippen LogP contribution in [0.5, 0.6) is 5.88 Å². The molecule has 1 aliphatic heterocycles. The summed E-state index contributed by atoms with van der Waals surface area (Å²) in [4.78, 5) is 7.38. The fourth-order valence-corrected chi connectivity index (χ4v) is 5.18. The van der Waals surface area contributed by atoms with Gasteiger partial charge in [-0.3, -0.25) is 0 Å². The summed E-state index contributed by atoms with van der Waals surface area (Å²) in [6.07, 6.45) is 2.54. The summed E-state index contributed by atoms with van der Waals surface area (Å²) in [5.41, 5.74) is 5.30. The van der Waals surface area contributed by atoms with Crippen LogP contribution in [0.3, 0.4) is 0 Å². The predicted octanol–water partition coefficient (Wildman–Crippen LogP) is 2.54. The third-order valence-corrected chi connectivity index (χ3v) is 6.57. The molecule has 2 aromatic heterocycles. The zero-order valence-electron chi connectivity index (χ0n) is 15.1. The number of aromatic nitrogens is 3. The molecule has 0 saturated heterocycles. The van der Waals surface area contributed by atoms with Crippen molar-refractivity contribution in [1.82, 2.24) is 14.6 Å². The monoisotopic (exact) mass is 377 g/mol. The molecule has 0 bridgehead atoms. The predicted molar refractivity (Wildman–Crippen MR) is 105 cm³/mol. The van der Waals surface area contributed by atoms with Crippen molar-refractivity contribution in [2.45, 2.75) is 25.9 Å². The number of benzene rings is 2. The number of hydrogen-bond donors (Lipinski definition) is 2. The minimum absolute atomic E-state index is 0.0625. The first-order valence-electron chi connectivity index (χ1n) is 9.20. The SMILES string of the molecule is Cc1ccc([C@H](c2sc3ncnn3c2O)[NH+]2CCc3ccccc3C2)cc1. The van der Waals surface area contributed by atoms with Crippen LogP contribution in [-0.4, -0.2) is 26.2 Å². The number of hydrogen-bond acceptors (Lipinski definition) is 4. The van der Waals surface area contributed by atoms with Crippen LogP contribution in [0.15, 0.2) is 54.9 Å². The van der Waals surface area contributed by atoms with Crippen LogP contribution in [0.25, 0.3) is 4.96 Å². The van der Waals surface area contributed by atoms with E-state index in [2.05, 4.69) is 65.5 Å². The number of quaternary nitrogens is 1. The summed E-state index contributed by atoms with van der Waals surface area (Å²) in [5.74, 6) is 0.212. The van der Waals surface area contributed by atoms with E-state index in [0.29, 0.717) is 0 Å². The molecule has 1 aliphatic rings. The molecule has 0 spiro atoms. The van der Waals surface area contributed by atoms with Gasteiger partial charge in [0, 0.05) is 17.5 Å². The molecule has 2 N–H and O–H groups in total. The Balaban J connectivity index is 1.61. The van der Waals surface area contributed by atoms with E-state index in [9.17, 15) is 5.11 Å². The Labute approximate surface area is 161 Å². The summed E-state index contributed by atoms with van der Waals surface area (Å²) in [6, 6.07) is 17.4. The quantitative estimate of drug-likeness (QED) is 0.577. The molecule has 4 aromatic rings. The second-order valence-corrected chi connectivity index (χ2v) is 8.20. The van der Waals surface area contributed by atoms with Crippen LogP contribution in [0.4, 0.5) is 0 Å². The van der Waals surface area contributed by atoms with Gasteiger partial charge in [0.2, 0.25) is 10.8 Å².